The zero-order valence-corrected chi connectivity index (χ0v) is 13.3. The van der Waals surface area contributed by atoms with Gasteiger partial charge in [0.2, 0.25) is 0 Å². The first-order chi connectivity index (χ1) is 10.9. The summed E-state index contributed by atoms with van der Waals surface area (Å²) in [6, 6.07) is 3.72. The second kappa shape index (κ2) is 5.72. The molecule has 0 fully saturated rings. The largest absolute Gasteiger partial charge is 0.322 e. The Hall–Kier alpha value is -2.31. The van der Waals surface area contributed by atoms with E-state index in [2.05, 4.69) is 9.97 Å². The Balaban J connectivity index is 2.50. The Bertz CT molecular complexity index is 968. The normalized spacial score (nSPS) is 12.6. The van der Waals surface area contributed by atoms with E-state index in [1.807, 2.05) is 6.92 Å². The van der Waals surface area contributed by atoms with E-state index < -0.39 is 17.4 Å². The maximum atomic E-state index is 14.1. The average Bonchev–Trinajstić information content (AvgIpc) is 2.50. The third-order valence-electron chi connectivity index (χ3n) is 3.48. The predicted octanol–water partition coefficient (Wildman–Crippen LogP) is 2.90. The molecule has 5 nitrogen and oxygen atoms in total. The number of nitrogens with two attached hydrogens (primary N) is 1. The van der Waals surface area contributed by atoms with Gasteiger partial charge in [0, 0.05) is 6.20 Å². The molecule has 0 aliphatic heterocycles. The van der Waals surface area contributed by atoms with E-state index >= 15 is 0 Å². The smallest absolute Gasteiger partial charge is 0.267 e. The standard InChI is InChI=1S/C16H14ClFN4O/c1-8-5-10(7-20-6-8)22-15(9(2)19)21-14-12(18)4-3-11(17)13(14)16(22)23/h3-7,9H,19H2,1-2H3/t9-/m0/s1. The second-order valence-corrected chi connectivity index (χ2v) is 5.78. The van der Waals surface area contributed by atoms with E-state index in [4.69, 9.17) is 17.3 Å². The van der Waals surface area contributed by atoms with Crippen LogP contribution in [0.1, 0.15) is 24.4 Å². The molecule has 0 radical (unpaired) electrons. The summed E-state index contributed by atoms with van der Waals surface area (Å²) in [7, 11) is 0. The van der Waals surface area contributed by atoms with E-state index in [-0.39, 0.29) is 21.7 Å². The number of aromatic nitrogens is 3. The maximum Gasteiger partial charge on any atom is 0.267 e. The monoisotopic (exact) mass is 332 g/mol. The van der Waals surface area contributed by atoms with Crippen LogP contribution in [-0.2, 0) is 0 Å². The SMILES string of the molecule is Cc1cncc(-n2c([C@H](C)N)nc3c(F)ccc(Cl)c3c2=O)c1. The molecule has 1 atom stereocenters. The van der Waals surface area contributed by atoms with Crippen LogP contribution in [0, 0.1) is 12.7 Å². The predicted molar refractivity (Wildman–Crippen MR) is 87.4 cm³/mol. The third-order valence-corrected chi connectivity index (χ3v) is 3.79. The van der Waals surface area contributed by atoms with Crippen molar-refractivity contribution in [2.24, 2.45) is 5.73 Å². The number of halogens is 2. The molecule has 0 amide bonds. The minimum Gasteiger partial charge on any atom is -0.322 e. The Kier molecular flexibility index (Phi) is 3.87. The van der Waals surface area contributed by atoms with Crippen molar-refractivity contribution in [1.82, 2.24) is 14.5 Å². The van der Waals surface area contributed by atoms with Gasteiger partial charge in [0.1, 0.15) is 17.2 Å². The fraction of sp³-hybridized carbons (Fsp3) is 0.188. The lowest BCUT2D eigenvalue weighted by molar-refractivity contribution is 0.630. The number of rotatable bonds is 2. The van der Waals surface area contributed by atoms with Crippen LogP contribution in [0.4, 0.5) is 4.39 Å². The minimum atomic E-state index is -0.613. The summed E-state index contributed by atoms with van der Waals surface area (Å²) in [6.07, 6.45) is 3.20. The molecule has 0 bridgehead atoms. The van der Waals surface area contributed by atoms with Gasteiger partial charge in [-0.1, -0.05) is 11.6 Å². The van der Waals surface area contributed by atoms with Crippen molar-refractivity contribution >= 4 is 22.5 Å². The summed E-state index contributed by atoms with van der Waals surface area (Å²) in [6.45, 7) is 3.53. The Morgan fingerprint density at radius 3 is 2.74 bits per heavy atom. The maximum absolute atomic E-state index is 14.1. The molecule has 7 heteroatoms. The molecule has 2 aromatic heterocycles. The van der Waals surface area contributed by atoms with E-state index in [0.717, 1.165) is 5.56 Å². The van der Waals surface area contributed by atoms with Gasteiger partial charge < -0.3 is 5.73 Å². The first-order valence-corrected chi connectivity index (χ1v) is 7.36. The van der Waals surface area contributed by atoms with Gasteiger partial charge >= 0.3 is 0 Å². The van der Waals surface area contributed by atoms with Crippen LogP contribution in [0.5, 0.6) is 0 Å². The second-order valence-electron chi connectivity index (χ2n) is 5.37. The number of benzene rings is 1. The summed E-state index contributed by atoms with van der Waals surface area (Å²) in [5.41, 5.74) is 6.77. The molecular weight excluding hydrogens is 319 g/mol. The fourth-order valence-electron chi connectivity index (χ4n) is 2.45. The van der Waals surface area contributed by atoms with Crippen molar-refractivity contribution < 1.29 is 4.39 Å². The van der Waals surface area contributed by atoms with Crippen LogP contribution in [0.15, 0.2) is 35.4 Å². The zero-order valence-electron chi connectivity index (χ0n) is 12.5. The van der Waals surface area contributed by atoms with Gasteiger partial charge in [-0.15, -0.1) is 0 Å². The average molecular weight is 333 g/mol. The van der Waals surface area contributed by atoms with Crippen molar-refractivity contribution in [2.75, 3.05) is 0 Å². The summed E-state index contributed by atoms with van der Waals surface area (Å²) >= 11 is 6.09. The summed E-state index contributed by atoms with van der Waals surface area (Å²) in [5.74, 6) is -0.367. The molecule has 0 saturated carbocycles. The van der Waals surface area contributed by atoms with Crippen LogP contribution >= 0.6 is 11.6 Å². The van der Waals surface area contributed by atoms with Crippen LogP contribution in [-0.4, -0.2) is 14.5 Å². The van der Waals surface area contributed by atoms with Gasteiger partial charge in [0.15, 0.2) is 0 Å². The minimum absolute atomic E-state index is 0.0255. The molecule has 2 heterocycles. The van der Waals surface area contributed by atoms with Gasteiger partial charge in [0.05, 0.1) is 28.3 Å². The lowest BCUT2D eigenvalue weighted by atomic mass is 10.2. The zero-order chi connectivity index (χ0) is 16.7. The highest BCUT2D eigenvalue weighted by molar-refractivity contribution is 6.35. The molecule has 118 valence electrons. The lowest BCUT2D eigenvalue weighted by Gasteiger charge is -2.16. The molecule has 0 spiro atoms. The first kappa shape index (κ1) is 15.6. The van der Waals surface area contributed by atoms with Gasteiger partial charge in [-0.2, -0.15) is 0 Å². The summed E-state index contributed by atoms with van der Waals surface area (Å²) in [5, 5.41) is 0.169. The lowest BCUT2D eigenvalue weighted by Crippen LogP contribution is -2.28. The highest BCUT2D eigenvalue weighted by Crippen LogP contribution is 2.24. The number of hydrogen-bond acceptors (Lipinski definition) is 4. The summed E-state index contributed by atoms with van der Waals surface area (Å²) < 4.78 is 15.4. The summed E-state index contributed by atoms with van der Waals surface area (Å²) in [4.78, 5) is 21.3. The van der Waals surface area contributed by atoms with Crippen molar-refractivity contribution in [2.45, 2.75) is 19.9 Å². The van der Waals surface area contributed by atoms with Crippen molar-refractivity contribution in [3.63, 3.8) is 0 Å². The quantitative estimate of drug-likeness (QED) is 0.783. The van der Waals surface area contributed by atoms with E-state index in [1.54, 1.807) is 19.2 Å². The molecule has 3 rings (SSSR count). The van der Waals surface area contributed by atoms with Crippen LogP contribution in [0.3, 0.4) is 0 Å². The Morgan fingerprint density at radius 2 is 2.09 bits per heavy atom. The van der Waals surface area contributed by atoms with Crippen molar-refractivity contribution in [3.8, 4) is 5.69 Å². The Morgan fingerprint density at radius 1 is 1.35 bits per heavy atom. The van der Waals surface area contributed by atoms with Crippen molar-refractivity contribution in [1.29, 1.82) is 0 Å². The molecule has 3 aromatic rings. The van der Waals surface area contributed by atoms with Crippen molar-refractivity contribution in [3.05, 3.63) is 63.2 Å². The number of nitrogens with zero attached hydrogens (tertiary/aromatic N) is 3. The molecule has 1 aromatic carbocycles. The van der Waals surface area contributed by atoms with Crippen LogP contribution < -0.4 is 11.3 Å². The molecule has 0 aliphatic rings. The number of aryl methyl sites for hydroxylation is 1. The molecule has 0 unspecified atom stereocenters. The molecular formula is C16H14ClFN4O. The third kappa shape index (κ3) is 2.60. The molecule has 0 saturated heterocycles. The fourth-order valence-corrected chi connectivity index (χ4v) is 2.68. The van der Waals surface area contributed by atoms with Gasteiger partial charge in [0.25, 0.3) is 5.56 Å². The molecule has 0 aliphatic carbocycles. The number of hydrogen-bond donors (Lipinski definition) is 1. The molecule has 2 N–H and O–H groups in total. The van der Waals surface area contributed by atoms with E-state index in [1.165, 1.54) is 22.9 Å². The van der Waals surface area contributed by atoms with Crippen LogP contribution in [0.25, 0.3) is 16.6 Å². The molecule has 23 heavy (non-hydrogen) atoms. The highest BCUT2D eigenvalue weighted by atomic mass is 35.5. The highest BCUT2D eigenvalue weighted by Gasteiger charge is 2.19. The number of fused-ring (bicyclic) bond motifs is 1. The van der Waals surface area contributed by atoms with E-state index in [9.17, 15) is 9.18 Å². The van der Waals surface area contributed by atoms with Gasteiger partial charge in [-0.25, -0.2) is 9.37 Å². The van der Waals surface area contributed by atoms with Gasteiger partial charge in [-0.05, 0) is 37.6 Å². The Labute approximate surface area is 136 Å². The number of pyridine rings is 1. The van der Waals surface area contributed by atoms with Crippen LogP contribution in [0.2, 0.25) is 5.02 Å². The first-order valence-electron chi connectivity index (χ1n) is 6.98. The van der Waals surface area contributed by atoms with Gasteiger partial charge in [-0.3, -0.25) is 14.3 Å². The topological polar surface area (TPSA) is 73.8 Å². The van der Waals surface area contributed by atoms with E-state index in [0.29, 0.717) is 5.69 Å².